The van der Waals surface area contributed by atoms with Crippen LogP contribution in [0.2, 0.25) is 0 Å². The third-order valence-electron chi connectivity index (χ3n) is 4.67. The van der Waals surface area contributed by atoms with Gasteiger partial charge in [-0.3, -0.25) is 0 Å². The highest BCUT2D eigenvalue weighted by atomic mass is 35.5. The minimum absolute atomic E-state index is 0. The van der Waals surface area contributed by atoms with E-state index in [2.05, 4.69) is 5.32 Å². The predicted octanol–water partition coefficient (Wildman–Crippen LogP) is 6.16. The van der Waals surface area contributed by atoms with Gasteiger partial charge in [0.1, 0.15) is 0 Å². The molecule has 0 radical (unpaired) electrons. The van der Waals surface area contributed by atoms with Gasteiger partial charge in [-0.05, 0) is 48.7 Å². The number of halogens is 7. The first-order valence-corrected chi connectivity index (χ1v) is 8.83. The molecule has 0 spiro atoms. The molecule has 2 aromatic carbocycles. The maximum Gasteiger partial charge on any atom is 0.416 e. The lowest BCUT2D eigenvalue weighted by molar-refractivity contribution is -0.143. The molecule has 1 N–H and O–H groups in total. The van der Waals surface area contributed by atoms with E-state index < -0.39 is 23.5 Å². The van der Waals surface area contributed by atoms with Crippen molar-refractivity contribution in [3.8, 4) is 0 Å². The molecule has 2 atom stereocenters. The Hall–Kier alpha value is -1.77. The third-order valence-corrected chi connectivity index (χ3v) is 4.67. The molecule has 0 saturated carbocycles. The normalized spacial score (nSPS) is 20.2. The van der Waals surface area contributed by atoms with Crippen LogP contribution >= 0.6 is 12.4 Å². The molecule has 2 aromatic rings. The van der Waals surface area contributed by atoms with Gasteiger partial charge >= 0.3 is 12.4 Å². The fraction of sp³-hybridized carbons (Fsp3) is 0.400. The molecule has 1 aliphatic rings. The van der Waals surface area contributed by atoms with Crippen LogP contribution in [-0.4, -0.2) is 12.6 Å². The van der Waals surface area contributed by atoms with E-state index >= 15 is 0 Å². The molecule has 29 heavy (non-hydrogen) atoms. The molecular formula is C20H20ClF6NO. The zero-order valence-electron chi connectivity index (χ0n) is 15.2. The molecule has 0 aliphatic carbocycles. The molecule has 2 nitrogen and oxygen atoms in total. The number of hydrogen-bond acceptors (Lipinski definition) is 2. The molecule has 1 aliphatic heterocycles. The Kier molecular flexibility index (Phi) is 7.59. The Labute approximate surface area is 170 Å². The summed E-state index contributed by atoms with van der Waals surface area (Å²) in [6, 6.07) is 10.8. The van der Waals surface area contributed by atoms with Gasteiger partial charge in [0.2, 0.25) is 0 Å². The van der Waals surface area contributed by atoms with E-state index in [-0.39, 0.29) is 42.8 Å². The number of rotatable bonds is 4. The van der Waals surface area contributed by atoms with Gasteiger partial charge in [-0.2, -0.15) is 26.3 Å². The number of hydrogen-bond donors (Lipinski definition) is 1. The van der Waals surface area contributed by atoms with Crippen molar-refractivity contribution >= 4 is 12.4 Å². The van der Waals surface area contributed by atoms with Gasteiger partial charge in [0.15, 0.2) is 0 Å². The molecule has 0 bridgehead atoms. The second-order valence-electron chi connectivity index (χ2n) is 6.75. The maximum atomic E-state index is 13.0. The number of benzene rings is 2. The standard InChI is InChI=1S/C20H19F6NO.ClH/c21-19(22,23)15-9-13(10-16(11-15)20(24,25)26)12-28-17-7-4-8-27-18(17)14-5-2-1-3-6-14;/h1-3,5-6,9-11,17-18,27H,4,7-8,12H2;1H/t17-,18+;/m0./s1. The number of nitrogens with one attached hydrogen (secondary N) is 1. The quantitative estimate of drug-likeness (QED) is 0.576. The summed E-state index contributed by atoms with van der Waals surface area (Å²) in [5, 5.41) is 3.31. The predicted molar refractivity (Wildman–Crippen MR) is 98.7 cm³/mol. The van der Waals surface area contributed by atoms with Crippen LogP contribution in [0.25, 0.3) is 0 Å². The van der Waals surface area contributed by atoms with Crippen molar-refractivity contribution in [2.75, 3.05) is 6.54 Å². The van der Waals surface area contributed by atoms with E-state index in [4.69, 9.17) is 4.74 Å². The van der Waals surface area contributed by atoms with E-state index in [0.29, 0.717) is 18.6 Å². The lowest BCUT2D eigenvalue weighted by Crippen LogP contribution is -2.39. The molecule has 1 saturated heterocycles. The smallest absolute Gasteiger partial charge is 0.372 e. The van der Waals surface area contributed by atoms with Crippen molar-refractivity contribution in [2.45, 2.75) is 43.9 Å². The van der Waals surface area contributed by atoms with E-state index in [0.717, 1.165) is 18.5 Å². The fourth-order valence-electron chi connectivity index (χ4n) is 3.34. The maximum absolute atomic E-state index is 13.0. The summed E-state index contributed by atoms with van der Waals surface area (Å²) in [7, 11) is 0. The number of ether oxygens (including phenoxy) is 1. The van der Waals surface area contributed by atoms with Gasteiger partial charge in [-0.1, -0.05) is 30.3 Å². The largest absolute Gasteiger partial charge is 0.416 e. The number of piperidine rings is 1. The highest BCUT2D eigenvalue weighted by molar-refractivity contribution is 5.85. The minimum atomic E-state index is -4.87. The van der Waals surface area contributed by atoms with Crippen LogP contribution in [0.3, 0.4) is 0 Å². The zero-order chi connectivity index (χ0) is 20.4. The van der Waals surface area contributed by atoms with Gasteiger partial charge < -0.3 is 10.1 Å². The Morgan fingerprint density at radius 2 is 1.48 bits per heavy atom. The summed E-state index contributed by atoms with van der Waals surface area (Å²) in [5.74, 6) is 0. The van der Waals surface area contributed by atoms with Crippen LogP contribution in [0.4, 0.5) is 26.3 Å². The van der Waals surface area contributed by atoms with Crippen LogP contribution in [0, 0.1) is 0 Å². The SMILES string of the molecule is Cl.FC(F)(F)c1cc(CO[C@H]2CCCN[C@@H]2c2ccccc2)cc(C(F)(F)F)c1. The Morgan fingerprint density at radius 1 is 0.897 bits per heavy atom. The van der Waals surface area contributed by atoms with Crippen molar-refractivity contribution in [3.05, 3.63) is 70.8 Å². The lowest BCUT2D eigenvalue weighted by Gasteiger charge is -2.33. The molecule has 0 amide bonds. The Morgan fingerprint density at radius 3 is 2.03 bits per heavy atom. The Bertz CT molecular complexity index is 762. The Balaban J connectivity index is 0.00000300. The zero-order valence-corrected chi connectivity index (χ0v) is 16.0. The summed E-state index contributed by atoms with van der Waals surface area (Å²) in [6.07, 6.45) is -8.61. The average molecular weight is 440 g/mol. The summed E-state index contributed by atoms with van der Waals surface area (Å²) in [4.78, 5) is 0. The summed E-state index contributed by atoms with van der Waals surface area (Å²) >= 11 is 0. The first-order valence-electron chi connectivity index (χ1n) is 8.83. The summed E-state index contributed by atoms with van der Waals surface area (Å²) in [5.41, 5.74) is -1.85. The van der Waals surface area contributed by atoms with Crippen molar-refractivity contribution in [1.82, 2.24) is 5.32 Å². The molecule has 9 heteroatoms. The molecule has 1 fully saturated rings. The van der Waals surface area contributed by atoms with Crippen LogP contribution in [0.5, 0.6) is 0 Å². The van der Waals surface area contributed by atoms with Gasteiger partial charge in [-0.25, -0.2) is 0 Å². The number of alkyl halides is 6. The monoisotopic (exact) mass is 439 g/mol. The van der Waals surface area contributed by atoms with Crippen LogP contribution < -0.4 is 5.32 Å². The summed E-state index contributed by atoms with van der Waals surface area (Å²) in [6.45, 7) is 0.434. The highest BCUT2D eigenvalue weighted by Gasteiger charge is 2.37. The van der Waals surface area contributed by atoms with Crippen LogP contribution in [-0.2, 0) is 23.7 Å². The van der Waals surface area contributed by atoms with E-state index in [1.165, 1.54) is 0 Å². The molecular weight excluding hydrogens is 420 g/mol. The topological polar surface area (TPSA) is 21.3 Å². The van der Waals surface area contributed by atoms with E-state index in [1.54, 1.807) is 0 Å². The van der Waals surface area contributed by atoms with Gasteiger partial charge in [0, 0.05) is 0 Å². The second kappa shape index (κ2) is 9.36. The molecule has 1 heterocycles. The first-order chi connectivity index (χ1) is 13.1. The van der Waals surface area contributed by atoms with Crippen molar-refractivity contribution < 1.29 is 31.1 Å². The van der Waals surface area contributed by atoms with Crippen molar-refractivity contribution in [3.63, 3.8) is 0 Å². The van der Waals surface area contributed by atoms with E-state index in [1.807, 2.05) is 30.3 Å². The van der Waals surface area contributed by atoms with Crippen molar-refractivity contribution in [1.29, 1.82) is 0 Å². The van der Waals surface area contributed by atoms with Crippen LogP contribution in [0.1, 0.15) is 41.1 Å². The van der Waals surface area contributed by atoms with Crippen molar-refractivity contribution in [2.24, 2.45) is 0 Å². The second-order valence-corrected chi connectivity index (χ2v) is 6.75. The first kappa shape index (κ1) is 23.5. The fourth-order valence-corrected chi connectivity index (χ4v) is 3.34. The molecule has 160 valence electrons. The van der Waals surface area contributed by atoms with Crippen LogP contribution in [0.15, 0.2) is 48.5 Å². The van der Waals surface area contributed by atoms with E-state index in [9.17, 15) is 26.3 Å². The van der Waals surface area contributed by atoms with Gasteiger partial charge in [0.05, 0.1) is 29.9 Å². The highest BCUT2D eigenvalue weighted by Crippen LogP contribution is 2.37. The molecule has 3 rings (SSSR count). The van der Waals surface area contributed by atoms with Gasteiger partial charge in [0.25, 0.3) is 0 Å². The summed E-state index contributed by atoms with van der Waals surface area (Å²) < 4.78 is 83.8. The molecule has 0 aromatic heterocycles. The lowest BCUT2D eigenvalue weighted by atomic mass is 9.94. The minimum Gasteiger partial charge on any atom is -0.372 e. The van der Waals surface area contributed by atoms with Gasteiger partial charge in [-0.15, -0.1) is 12.4 Å². The average Bonchev–Trinajstić information content (AvgIpc) is 2.66. The molecule has 0 unspecified atom stereocenters. The third kappa shape index (κ3) is 6.10.